The Balaban J connectivity index is 0.00000240. The lowest BCUT2D eigenvalue weighted by Crippen LogP contribution is -2.29. The van der Waals surface area contributed by atoms with E-state index < -0.39 is 0 Å². The third-order valence-corrected chi connectivity index (χ3v) is 5.49. The molecule has 0 spiro atoms. The Kier molecular flexibility index (Phi) is 6.96. The summed E-state index contributed by atoms with van der Waals surface area (Å²) in [6.07, 6.45) is 3.58. The van der Waals surface area contributed by atoms with Crippen LogP contribution >= 0.6 is 24.0 Å². The van der Waals surface area contributed by atoms with Crippen molar-refractivity contribution in [2.75, 3.05) is 18.4 Å². The molecule has 1 aliphatic rings. The van der Waals surface area contributed by atoms with Crippen molar-refractivity contribution in [2.45, 2.75) is 25.7 Å². The normalized spacial score (nSPS) is 14.3. The van der Waals surface area contributed by atoms with Crippen molar-refractivity contribution in [3.8, 4) is 5.69 Å². The highest BCUT2D eigenvalue weighted by molar-refractivity contribution is 6.32. The smallest absolute Gasteiger partial charge is 0.259 e. The lowest BCUT2D eigenvalue weighted by Gasteiger charge is -2.25. The summed E-state index contributed by atoms with van der Waals surface area (Å²) in [5.41, 5.74) is 4.26. The molecule has 1 amide bonds. The standard InChI is InChI=1S/C22H23ClN4O.ClH/c1-15-6-8-17(9-7-15)26-22(28)18-14-25-27(20-5-3-2-4-19(20)23)21(18)16-10-12-24-13-11-16;/h2-9,14,16,24H,10-13H2,1H3,(H,26,28);1H. The molecule has 2 heterocycles. The Labute approximate surface area is 181 Å². The van der Waals surface area contributed by atoms with Crippen LogP contribution in [0.1, 0.15) is 40.4 Å². The molecule has 0 saturated carbocycles. The number of carbonyl (C=O) groups excluding carboxylic acids is 1. The molecule has 0 atom stereocenters. The largest absolute Gasteiger partial charge is 0.322 e. The summed E-state index contributed by atoms with van der Waals surface area (Å²) < 4.78 is 1.84. The van der Waals surface area contributed by atoms with Gasteiger partial charge in [0.25, 0.3) is 5.91 Å². The molecule has 1 fully saturated rings. The lowest BCUT2D eigenvalue weighted by atomic mass is 9.91. The number of nitrogens with zero attached hydrogens (tertiary/aromatic N) is 2. The number of hydrogen-bond donors (Lipinski definition) is 2. The third-order valence-electron chi connectivity index (χ3n) is 5.17. The maximum absolute atomic E-state index is 13.1. The van der Waals surface area contributed by atoms with Gasteiger partial charge in [-0.25, -0.2) is 4.68 Å². The van der Waals surface area contributed by atoms with Gasteiger partial charge in [-0.1, -0.05) is 41.4 Å². The summed E-state index contributed by atoms with van der Waals surface area (Å²) >= 11 is 6.43. The molecule has 5 nitrogen and oxygen atoms in total. The summed E-state index contributed by atoms with van der Waals surface area (Å²) in [4.78, 5) is 13.1. The molecular weight excluding hydrogens is 407 g/mol. The average molecular weight is 431 g/mol. The molecule has 7 heteroatoms. The predicted octanol–water partition coefficient (Wildman–Crippen LogP) is 4.98. The van der Waals surface area contributed by atoms with Crippen molar-refractivity contribution < 1.29 is 4.79 Å². The van der Waals surface area contributed by atoms with E-state index >= 15 is 0 Å². The van der Waals surface area contributed by atoms with E-state index in [1.165, 1.54) is 0 Å². The Hall–Kier alpha value is -2.34. The first-order valence-electron chi connectivity index (χ1n) is 9.55. The fraction of sp³-hybridized carbons (Fsp3) is 0.273. The van der Waals surface area contributed by atoms with E-state index in [-0.39, 0.29) is 24.2 Å². The van der Waals surface area contributed by atoms with Crippen LogP contribution in [0.3, 0.4) is 0 Å². The van der Waals surface area contributed by atoms with Crippen LogP contribution in [0.15, 0.2) is 54.7 Å². The Bertz CT molecular complexity index is 979. The monoisotopic (exact) mass is 430 g/mol. The van der Waals surface area contributed by atoms with Gasteiger partial charge >= 0.3 is 0 Å². The zero-order valence-electron chi connectivity index (χ0n) is 16.2. The van der Waals surface area contributed by atoms with E-state index in [1.54, 1.807) is 6.20 Å². The molecule has 152 valence electrons. The zero-order valence-corrected chi connectivity index (χ0v) is 17.8. The third kappa shape index (κ3) is 4.64. The van der Waals surface area contributed by atoms with Gasteiger partial charge in [0.2, 0.25) is 0 Å². The molecule has 0 bridgehead atoms. The molecule has 0 unspecified atom stereocenters. The van der Waals surface area contributed by atoms with E-state index in [0.29, 0.717) is 10.6 Å². The van der Waals surface area contributed by atoms with Gasteiger partial charge < -0.3 is 10.6 Å². The fourth-order valence-electron chi connectivity index (χ4n) is 3.67. The molecule has 2 aromatic carbocycles. The van der Waals surface area contributed by atoms with E-state index in [9.17, 15) is 4.79 Å². The second kappa shape index (κ2) is 9.44. The van der Waals surface area contributed by atoms with Crippen molar-refractivity contribution >= 4 is 35.6 Å². The molecule has 3 aromatic rings. The van der Waals surface area contributed by atoms with E-state index in [2.05, 4.69) is 15.7 Å². The van der Waals surface area contributed by atoms with Gasteiger partial charge in [0.1, 0.15) is 0 Å². The molecule has 0 radical (unpaired) electrons. The first-order valence-corrected chi connectivity index (χ1v) is 9.93. The van der Waals surface area contributed by atoms with E-state index in [0.717, 1.165) is 48.6 Å². The van der Waals surface area contributed by atoms with E-state index in [4.69, 9.17) is 11.6 Å². The number of carbonyl (C=O) groups is 1. The Morgan fingerprint density at radius 3 is 2.52 bits per heavy atom. The minimum absolute atomic E-state index is 0. The van der Waals surface area contributed by atoms with Gasteiger partial charge in [-0.2, -0.15) is 5.10 Å². The predicted molar refractivity (Wildman–Crippen MR) is 120 cm³/mol. The van der Waals surface area contributed by atoms with Crippen LogP contribution in [0.4, 0.5) is 5.69 Å². The summed E-state index contributed by atoms with van der Waals surface area (Å²) in [6.45, 7) is 3.88. The topological polar surface area (TPSA) is 59.0 Å². The number of amides is 1. The molecule has 1 saturated heterocycles. The van der Waals surface area contributed by atoms with Crippen LogP contribution in [-0.2, 0) is 0 Å². The molecular formula is C22H24Cl2N4O. The number of piperidine rings is 1. The van der Waals surface area contributed by atoms with Crippen LogP contribution < -0.4 is 10.6 Å². The summed E-state index contributed by atoms with van der Waals surface area (Å²) in [6, 6.07) is 15.4. The summed E-state index contributed by atoms with van der Waals surface area (Å²) in [5, 5.41) is 11.6. The number of halogens is 2. The van der Waals surface area contributed by atoms with Crippen molar-refractivity contribution in [3.05, 3.63) is 76.6 Å². The SMILES string of the molecule is Cc1ccc(NC(=O)c2cnn(-c3ccccc3Cl)c2C2CCNCC2)cc1.Cl. The van der Waals surface area contributed by atoms with Gasteiger partial charge in [0, 0.05) is 11.6 Å². The van der Waals surface area contributed by atoms with Crippen LogP contribution in [0, 0.1) is 6.92 Å². The van der Waals surface area contributed by atoms with Gasteiger partial charge in [-0.15, -0.1) is 12.4 Å². The maximum atomic E-state index is 13.1. The van der Waals surface area contributed by atoms with Crippen LogP contribution in [0.2, 0.25) is 5.02 Å². The molecule has 29 heavy (non-hydrogen) atoms. The highest BCUT2D eigenvalue weighted by Crippen LogP contribution is 2.32. The van der Waals surface area contributed by atoms with Crippen LogP contribution in [0.5, 0.6) is 0 Å². The minimum Gasteiger partial charge on any atom is -0.322 e. The number of aryl methyl sites for hydroxylation is 1. The number of nitrogens with one attached hydrogen (secondary N) is 2. The quantitative estimate of drug-likeness (QED) is 0.613. The van der Waals surface area contributed by atoms with E-state index in [1.807, 2.05) is 60.1 Å². The molecule has 2 N–H and O–H groups in total. The highest BCUT2D eigenvalue weighted by Gasteiger charge is 2.27. The van der Waals surface area contributed by atoms with Crippen LogP contribution in [0.25, 0.3) is 5.69 Å². The fourth-order valence-corrected chi connectivity index (χ4v) is 3.89. The van der Waals surface area contributed by atoms with Gasteiger partial charge in [-0.3, -0.25) is 4.79 Å². The first kappa shape index (κ1) is 21.4. The molecule has 1 aliphatic heterocycles. The van der Waals surface area contributed by atoms with Crippen LogP contribution in [-0.4, -0.2) is 28.8 Å². The lowest BCUT2D eigenvalue weighted by molar-refractivity contribution is 0.102. The van der Waals surface area contributed by atoms with Crippen molar-refractivity contribution in [1.29, 1.82) is 0 Å². The number of hydrogen-bond acceptors (Lipinski definition) is 3. The molecule has 0 aliphatic carbocycles. The Morgan fingerprint density at radius 2 is 1.83 bits per heavy atom. The summed E-state index contributed by atoms with van der Waals surface area (Å²) in [5.74, 6) is 0.106. The van der Waals surface area contributed by atoms with Gasteiger partial charge in [0.15, 0.2) is 0 Å². The first-order chi connectivity index (χ1) is 13.6. The summed E-state index contributed by atoms with van der Waals surface area (Å²) in [7, 11) is 0. The van der Waals surface area contributed by atoms with Crippen molar-refractivity contribution in [3.63, 3.8) is 0 Å². The number of para-hydroxylation sites is 1. The highest BCUT2D eigenvalue weighted by atomic mass is 35.5. The number of rotatable bonds is 4. The molecule has 4 rings (SSSR count). The van der Waals surface area contributed by atoms with Gasteiger partial charge in [0.05, 0.1) is 28.2 Å². The number of benzene rings is 2. The van der Waals surface area contributed by atoms with Crippen molar-refractivity contribution in [2.24, 2.45) is 0 Å². The van der Waals surface area contributed by atoms with Crippen molar-refractivity contribution in [1.82, 2.24) is 15.1 Å². The number of aromatic nitrogens is 2. The number of anilines is 1. The molecule has 1 aromatic heterocycles. The minimum atomic E-state index is -0.143. The zero-order chi connectivity index (χ0) is 19.5. The second-order valence-corrected chi connectivity index (χ2v) is 7.56. The second-order valence-electron chi connectivity index (χ2n) is 7.15. The Morgan fingerprint density at radius 1 is 1.14 bits per heavy atom. The maximum Gasteiger partial charge on any atom is 0.259 e. The average Bonchev–Trinajstić information content (AvgIpc) is 3.16. The van der Waals surface area contributed by atoms with Gasteiger partial charge in [-0.05, 0) is 57.1 Å².